The van der Waals surface area contributed by atoms with Crippen LogP contribution in [0.5, 0.6) is 0 Å². The molecule has 0 aliphatic carbocycles. The number of anilines is 2. The van der Waals surface area contributed by atoms with Crippen LogP contribution in [0.2, 0.25) is 10.0 Å². The third-order valence-corrected chi connectivity index (χ3v) is 4.10. The Morgan fingerprint density at radius 1 is 0.960 bits per heavy atom. The summed E-state index contributed by atoms with van der Waals surface area (Å²) in [5, 5.41) is 6.67. The molecule has 25 heavy (non-hydrogen) atoms. The van der Waals surface area contributed by atoms with Crippen molar-refractivity contribution in [2.24, 2.45) is 0 Å². The summed E-state index contributed by atoms with van der Waals surface area (Å²) in [7, 11) is 1.78. The second-order valence-corrected chi connectivity index (χ2v) is 6.69. The van der Waals surface area contributed by atoms with Crippen molar-refractivity contribution in [3.8, 4) is 0 Å². The van der Waals surface area contributed by atoms with Crippen LogP contribution in [-0.2, 0) is 9.59 Å². The zero-order chi connectivity index (χ0) is 18.4. The van der Waals surface area contributed by atoms with Crippen LogP contribution in [0.4, 0.5) is 11.4 Å². The topological polar surface area (TPSA) is 62.6 Å². The highest BCUT2D eigenvalue weighted by atomic mass is 35.5. The molecule has 1 atom stereocenters. The largest absolute Gasteiger partial charge is 0.322 e. The minimum atomic E-state index is -0.207. The van der Waals surface area contributed by atoms with Crippen molar-refractivity contribution in [2.75, 3.05) is 30.8 Å². The molecule has 132 valence electrons. The molecule has 0 radical (unpaired) electrons. The summed E-state index contributed by atoms with van der Waals surface area (Å²) in [4.78, 5) is 25.0. The first-order valence-corrected chi connectivity index (χ1v) is 8.52. The maximum Gasteiger partial charge on any atom is 0.279 e. The van der Waals surface area contributed by atoms with E-state index in [4.69, 9.17) is 23.2 Å². The molecule has 2 aromatic carbocycles. The second-order valence-electron chi connectivity index (χ2n) is 5.85. The summed E-state index contributed by atoms with van der Waals surface area (Å²) in [6.07, 6.45) is 0. The van der Waals surface area contributed by atoms with E-state index in [1.54, 1.807) is 49.5 Å². The van der Waals surface area contributed by atoms with Crippen molar-refractivity contribution in [2.45, 2.75) is 6.92 Å². The highest BCUT2D eigenvalue weighted by Crippen LogP contribution is 2.20. The SMILES string of the molecule is Cc1cc(Cl)ccc1NC(=O)C[NH+](C)CC(=O)Nc1ccccc1Cl. The molecular weight excluding hydrogens is 361 g/mol. The molecule has 7 heteroatoms. The van der Waals surface area contributed by atoms with E-state index in [9.17, 15) is 9.59 Å². The summed E-state index contributed by atoms with van der Waals surface area (Å²) in [6.45, 7) is 2.19. The summed E-state index contributed by atoms with van der Waals surface area (Å²) in [6, 6.07) is 12.3. The molecule has 0 saturated carbocycles. The lowest BCUT2D eigenvalue weighted by Crippen LogP contribution is -3.11. The molecular formula is C18H20Cl2N3O2+. The van der Waals surface area contributed by atoms with Gasteiger partial charge in [0.25, 0.3) is 11.8 Å². The van der Waals surface area contributed by atoms with Crippen LogP contribution in [0.25, 0.3) is 0 Å². The predicted octanol–water partition coefficient (Wildman–Crippen LogP) is 2.39. The number of halogens is 2. The number of para-hydroxylation sites is 1. The van der Waals surface area contributed by atoms with Crippen LogP contribution in [0.15, 0.2) is 42.5 Å². The van der Waals surface area contributed by atoms with Gasteiger partial charge in [-0.25, -0.2) is 0 Å². The molecule has 0 aliphatic rings. The number of carbonyl (C=O) groups excluding carboxylic acids is 2. The number of benzene rings is 2. The monoisotopic (exact) mass is 380 g/mol. The lowest BCUT2D eigenvalue weighted by Gasteiger charge is -2.15. The standard InChI is InChI=1S/C18H19Cl2N3O2/c1-12-9-13(19)7-8-15(12)21-17(24)10-23(2)11-18(25)22-16-6-4-3-5-14(16)20/h3-9H,10-11H2,1-2H3,(H,21,24)(H,22,25)/p+1. The smallest absolute Gasteiger partial charge is 0.279 e. The fraction of sp³-hybridized carbons (Fsp3) is 0.222. The van der Waals surface area contributed by atoms with E-state index in [0.717, 1.165) is 10.5 Å². The van der Waals surface area contributed by atoms with E-state index in [1.165, 1.54) is 0 Å². The maximum atomic E-state index is 12.1. The summed E-state index contributed by atoms with van der Waals surface area (Å²) >= 11 is 11.9. The molecule has 0 aliphatic heterocycles. The Bertz CT molecular complexity index is 781. The zero-order valence-corrected chi connectivity index (χ0v) is 15.5. The highest BCUT2D eigenvalue weighted by molar-refractivity contribution is 6.33. The minimum absolute atomic E-state index is 0.151. The van der Waals surface area contributed by atoms with Crippen molar-refractivity contribution in [3.05, 3.63) is 58.1 Å². The van der Waals surface area contributed by atoms with Crippen LogP contribution in [0.3, 0.4) is 0 Å². The van der Waals surface area contributed by atoms with Crippen molar-refractivity contribution in [1.29, 1.82) is 0 Å². The Hall–Kier alpha value is -2.08. The number of amides is 2. The third-order valence-electron chi connectivity index (χ3n) is 3.54. The normalized spacial score (nSPS) is 11.7. The number of likely N-dealkylation sites (N-methyl/N-ethyl adjacent to an activating group) is 1. The molecule has 2 amide bonds. The Balaban J connectivity index is 1.84. The fourth-order valence-electron chi connectivity index (χ4n) is 2.33. The molecule has 2 rings (SSSR count). The Kier molecular flexibility index (Phi) is 6.82. The zero-order valence-electron chi connectivity index (χ0n) is 14.0. The number of rotatable bonds is 6. The predicted molar refractivity (Wildman–Crippen MR) is 102 cm³/mol. The van der Waals surface area contributed by atoms with Crippen molar-refractivity contribution in [1.82, 2.24) is 0 Å². The summed E-state index contributed by atoms with van der Waals surface area (Å²) in [5.74, 6) is -0.380. The van der Waals surface area contributed by atoms with Gasteiger partial charge in [-0.3, -0.25) is 9.59 Å². The van der Waals surface area contributed by atoms with E-state index in [0.29, 0.717) is 21.4 Å². The average molecular weight is 381 g/mol. The van der Waals surface area contributed by atoms with Crippen molar-refractivity contribution < 1.29 is 14.5 Å². The molecule has 0 bridgehead atoms. The number of nitrogens with one attached hydrogen (secondary N) is 3. The van der Waals surface area contributed by atoms with E-state index < -0.39 is 0 Å². The third kappa shape index (κ3) is 6.05. The van der Waals surface area contributed by atoms with Gasteiger partial charge in [0, 0.05) is 10.7 Å². The minimum Gasteiger partial charge on any atom is -0.322 e. The molecule has 0 saturated heterocycles. The van der Waals surface area contributed by atoms with E-state index in [1.807, 2.05) is 6.92 Å². The molecule has 2 aromatic rings. The van der Waals surface area contributed by atoms with Crippen molar-refractivity contribution in [3.63, 3.8) is 0 Å². The second kappa shape index (κ2) is 8.85. The molecule has 0 spiro atoms. The fourth-order valence-corrected chi connectivity index (χ4v) is 2.74. The van der Waals surface area contributed by atoms with Gasteiger partial charge >= 0.3 is 0 Å². The first kappa shape index (κ1) is 19.2. The Labute approximate surface area is 156 Å². The van der Waals surface area contributed by atoms with E-state index in [-0.39, 0.29) is 24.9 Å². The quantitative estimate of drug-likeness (QED) is 0.720. The molecule has 5 nitrogen and oxygen atoms in total. The lowest BCUT2D eigenvalue weighted by atomic mass is 10.2. The molecule has 0 fully saturated rings. The number of aryl methyl sites for hydroxylation is 1. The van der Waals surface area contributed by atoms with Gasteiger partial charge in [0.05, 0.1) is 17.8 Å². The number of hydrogen-bond acceptors (Lipinski definition) is 2. The number of quaternary nitrogens is 1. The molecule has 0 heterocycles. The highest BCUT2D eigenvalue weighted by Gasteiger charge is 2.15. The lowest BCUT2D eigenvalue weighted by molar-refractivity contribution is -0.862. The number of carbonyl (C=O) groups is 2. The van der Waals surface area contributed by atoms with Gasteiger partial charge in [-0.1, -0.05) is 35.3 Å². The molecule has 1 unspecified atom stereocenters. The van der Waals surface area contributed by atoms with Crippen LogP contribution in [-0.4, -0.2) is 32.0 Å². The van der Waals surface area contributed by atoms with Gasteiger partial charge in [-0.2, -0.15) is 0 Å². The summed E-state index contributed by atoms with van der Waals surface area (Å²) in [5.41, 5.74) is 2.15. The van der Waals surface area contributed by atoms with Crippen LogP contribution in [0.1, 0.15) is 5.56 Å². The van der Waals surface area contributed by atoms with Gasteiger partial charge in [0.15, 0.2) is 13.1 Å². The molecule has 3 N–H and O–H groups in total. The van der Waals surface area contributed by atoms with Crippen LogP contribution >= 0.6 is 23.2 Å². The molecule has 0 aromatic heterocycles. The van der Waals surface area contributed by atoms with Gasteiger partial charge in [-0.05, 0) is 42.8 Å². The first-order valence-electron chi connectivity index (χ1n) is 7.77. The summed E-state index contributed by atoms with van der Waals surface area (Å²) < 4.78 is 0. The Morgan fingerprint density at radius 2 is 1.56 bits per heavy atom. The van der Waals surface area contributed by atoms with Gasteiger partial charge < -0.3 is 15.5 Å². The van der Waals surface area contributed by atoms with Gasteiger partial charge in [0.1, 0.15) is 0 Å². The Morgan fingerprint density at radius 3 is 2.16 bits per heavy atom. The van der Waals surface area contributed by atoms with Gasteiger partial charge in [-0.15, -0.1) is 0 Å². The van der Waals surface area contributed by atoms with E-state index in [2.05, 4.69) is 10.6 Å². The number of hydrogen-bond donors (Lipinski definition) is 3. The van der Waals surface area contributed by atoms with Crippen LogP contribution < -0.4 is 15.5 Å². The van der Waals surface area contributed by atoms with Gasteiger partial charge in [0.2, 0.25) is 0 Å². The van der Waals surface area contributed by atoms with E-state index >= 15 is 0 Å². The maximum absolute atomic E-state index is 12.1. The van der Waals surface area contributed by atoms with Crippen molar-refractivity contribution >= 4 is 46.4 Å². The first-order chi connectivity index (χ1) is 11.8. The average Bonchev–Trinajstić information content (AvgIpc) is 2.52. The van der Waals surface area contributed by atoms with Crippen LogP contribution in [0, 0.1) is 6.92 Å².